The maximum atomic E-state index is 13.4. The van der Waals surface area contributed by atoms with Crippen LogP contribution in [0.1, 0.15) is 19.8 Å². The molecule has 0 radical (unpaired) electrons. The van der Waals surface area contributed by atoms with Gasteiger partial charge in [-0.05, 0) is 38.0 Å². The van der Waals surface area contributed by atoms with Crippen LogP contribution in [-0.2, 0) is 10.3 Å². The van der Waals surface area contributed by atoms with E-state index in [1.807, 2.05) is 4.57 Å². The third-order valence-corrected chi connectivity index (χ3v) is 4.35. The Kier molecular flexibility index (Phi) is 2.78. The van der Waals surface area contributed by atoms with Crippen molar-refractivity contribution >= 4 is 28.8 Å². The van der Waals surface area contributed by atoms with Gasteiger partial charge >= 0.3 is 5.97 Å². The maximum absolute atomic E-state index is 13.4. The molecule has 2 aromatic rings. The van der Waals surface area contributed by atoms with Crippen LogP contribution in [0.4, 0.5) is 4.39 Å². The molecule has 1 aliphatic rings. The first-order valence-corrected chi connectivity index (χ1v) is 7.01. The number of carboxylic acid groups (broad SMARTS) is 1. The Balaban J connectivity index is 2.12. The topological polar surface area (TPSA) is 55.1 Å². The summed E-state index contributed by atoms with van der Waals surface area (Å²) in [5.74, 6) is -1.22. The molecule has 0 bridgehead atoms. The number of aliphatic carboxylic acids is 1. The molecule has 1 N–H and O–H groups in total. The van der Waals surface area contributed by atoms with Crippen molar-refractivity contribution in [3.63, 3.8) is 0 Å². The van der Waals surface area contributed by atoms with Crippen molar-refractivity contribution in [2.75, 3.05) is 5.75 Å². The second-order valence-electron chi connectivity index (χ2n) is 5.04. The number of thioether (sulfide) groups is 1. The minimum atomic E-state index is -0.879. The summed E-state index contributed by atoms with van der Waals surface area (Å²) in [4.78, 5) is 15.1. The number of benzene rings is 1. The number of fused-ring (bicyclic) bond motifs is 1. The molecule has 0 spiro atoms. The lowest BCUT2D eigenvalue weighted by Gasteiger charge is -2.15. The molecule has 1 fully saturated rings. The molecule has 0 atom stereocenters. The fourth-order valence-electron chi connectivity index (χ4n) is 2.18. The Bertz CT molecular complexity index is 664. The monoisotopic (exact) mass is 280 g/mol. The van der Waals surface area contributed by atoms with E-state index in [4.69, 9.17) is 5.11 Å². The predicted molar refractivity (Wildman–Crippen MR) is 70.9 cm³/mol. The zero-order valence-electron chi connectivity index (χ0n) is 10.4. The van der Waals surface area contributed by atoms with E-state index in [9.17, 15) is 9.18 Å². The third-order valence-electron chi connectivity index (χ3n) is 3.42. The van der Waals surface area contributed by atoms with E-state index < -0.39 is 5.97 Å². The minimum Gasteiger partial charge on any atom is -0.481 e. The van der Waals surface area contributed by atoms with E-state index in [1.54, 1.807) is 6.07 Å². The summed E-state index contributed by atoms with van der Waals surface area (Å²) in [5, 5.41) is 9.44. The zero-order valence-corrected chi connectivity index (χ0v) is 11.2. The van der Waals surface area contributed by atoms with Gasteiger partial charge in [0.25, 0.3) is 0 Å². The Hall–Kier alpha value is -1.56. The highest BCUT2D eigenvalue weighted by Crippen LogP contribution is 2.47. The van der Waals surface area contributed by atoms with Crippen LogP contribution < -0.4 is 0 Å². The number of halogens is 1. The lowest BCUT2D eigenvalue weighted by atomic mass is 10.2. The molecule has 1 aromatic carbocycles. The number of hydrogen-bond donors (Lipinski definition) is 1. The maximum Gasteiger partial charge on any atom is 0.313 e. The van der Waals surface area contributed by atoms with E-state index in [-0.39, 0.29) is 17.1 Å². The van der Waals surface area contributed by atoms with Crippen LogP contribution in [0, 0.1) is 5.82 Å². The first-order valence-electron chi connectivity index (χ1n) is 6.03. The van der Waals surface area contributed by atoms with Crippen molar-refractivity contribution in [3.05, 3.63) is 24.0 Å². The minimum absolute atomic E-state index is 0.0398. The van der Waals surface area contributed by atoms with Crippen LogP contribution in [0.2, 0.25) is 0 Å². The molecule has 1 aromatic heterocycles. The summed E-state index contributed by atoms with van der Waals surface area (Å²) < 4.78 is 15.4. The highest BCUT2D eigenvalue weighted by atomic mass is 32.2. The lowest BCUT2D eigenvalue weighted by Crippen LogP contribution is -2.14. The average molecular weight is 280 g/mol. The summed E-state index contributed by atoms with van der Waals surface area (Å²) in [7, 11) is 0. The van der Waals surface area contributed by atoms with Crippen LogP contribution in [-0.4, -0.2) is 26.4 Å². The molecule has 0 saturated heterocycles. The summed E-state index contributed by atoms with van der Waals surface area (Å²) in [6, 6.07) is 4.48. The van der Waals surface area contributed by atoms with Crippen molar-refractivity contribution in [1.82, 2.24) is 9.55 Å². The molecule has 0 amide bonds. The largest absolute Gasteiger partial charge is 0.481 e. The molecule has 0 aliphatic heterocycles. The zero-order chi connectivity index (χ0) is 13.6. The summed E-state index contributed by atoms with van der Waals surface area (Å²) in [6.07, 6.45) is 2.02. The summed E-state index contributed by atoms with van der Waals surface area (Å²) in [6.45, 7) is 2.09. The second kappa shape index (κ2) is 4.23. The first-order chi connectivity index (χ1) is 8.99. The molecule has 1 heterocycles. The number of rotatable bonds is 4. The number of carboxylic acids is 1. The Labute approximate surface area is 113 Å². The highest BCUT2D eigenvalue weighted by Gasteiger charge is 2.42. The number of imidazole rings is 1. The summed E-state index contributed by atoms with van der Waals surface area (Å²) >= 11 is 1.18. The van der Waals surface area contributed by atoms with Crippen molar-refractivity contribution in [1.29, 1.82) is 0 Å². The van der Waals surface area contributed by atoms with Gasteiger partial charge in [-0.1, -0.05) is 11.8 Å². The van der Waals surface area contributed by atoms with Gasteiger partial charge in [0.15, 0.2) is 5.16 Å². The molecule has 100 valence electrons. The molecule has 4 nitrogen and oxygen atoms in total. The highest BCUT2D eigenvalue weighted by molar-refractivity contribution is 7.99. The Morgan fingerprint density at radius 3 is 2.95 bits per heavy atom. The molecular formula is C13H13FN2O2S. The van der Waals surface area contributed by atoms with Crippen LogP contribution in [0.15, 0.2) is 23.4 Å². The van der Waals surface area contributed by atoms with E-state index in [0.29, 0.717) is 10.7 Å². The van der Waals surface area contributed by atoms with Crippen LogP contribution in [0.3, 0.4) is 0 Å². The molecule has 1 aliphatic carbocycles. The molecule has 1 saturated carbocycles. The number of hydrogen-bond acceptors (Lipinski definition) is 3. The van der Waals surface area contributed by atoms with Crippen LogP contribution in [0.5, 0.6) is 0 Å². The van der Waals surface area contributed by atoms with Gasteiger partial charge in [-0.2, -0.15) is 0 Å². The average Bonchev–Trinajstić information content (AvgIpc) is 2.97. The molecule has 6 heteroatoms. The second-order valence-corrected chi connectivity index (χ2v) is 5.98. The van der Waals surface area contributed by atoms with Crippen LogP contribution >= 0.6 is 11.8 Å². The van der Waals surface area contributed by atoms with Crippen molar-refractivity contribution in [3.8, 4) is 0 Å². The van der Waals surface area contributed by atoms with E-state index in [0.717, 1.165) is 18.4 Å². The molecule has 19 heavy (non-hydrogen) atoms. The quantitative estimate of drug-likeness (QED) is 0.875. The van der Waals surface area contributed by atoms with Gasteiger partial charge in [-0.3, -0.25) is 4.79 Å². The van der Waals surface area contributed by atoms with Crippen LogP contribution in [0.25, 0.3) is 11.0 Å². The van der Waals surface area contributed by atoms with Gasteiger partial charge in [0, 0.05) is 5.54 Å². The lowest BCUT2D eigenvalue weighted by molar-refractivity contribution is -0.133. The number of aromatic nitrogens is 2. The predicted octanol–water partition coefficient (Wildman–Crippen LogP) is 2.86. The van der Waals surface area contributed by atoms with Gasteiger partial charge in [-0.25, -0.2) is 9.37 Å². The molecular weight excluding hydrogens is 267 g/mol. The van der Waals surface area contributed by atoms with Gasteiger partial charge in [0.2, 0.25) is 0 Å². The Morgan fingerprint density at radius 2 is 2.32 bits per heavy atom. The third kappa shape index (κ3) is 2.20. The van der Waals surface area contributed by atoms with E-state index in [1.165, 1.54) is 23.9 Å². The van der Waals surface area contributed by atoms with Gasteiger partial charge < -0.3 is 9.67 Å². The molecule has 3 rings (SSSR count). The smallest absolute Gasteiger partial charge is 0.313 e. The fraction of sp³-hybridized carbons (Fsp3) is 0.385. The van der Waals surface area contributed by atoms with Crippen molar-refractivity contribution in [2.45, 2.75) is 30.5 Å². The van der Waals surface area contributed by atoms with Crippen molar-refractivity contribution in [2.24, 2.45) is 0 Å². The van der Waals surface area contributed by atoms with Crippen molar-refractivity contribution < 1.29 is 14.3 Å². The van der Waals surface area contributed by atoms with E-state index >= 15 is 0 Å². The normalized spacial score (nSPS) is 16.7. The summed E-state index contributed by atoms with van der Waals surface area (Å²) in [5.41, 5.74) is 1.40. The first kappa shape index (κ1) is 12.5. The SMILES string of the molecule is CC1(n2c(SCC(=O)O)nc3ccc(F)cc32)CC1. The fourth-order valence-corrected chi connectivity index (χ4v) is 3.04. The standard InChI is InChI=1S/C13H13FN2O2S/c1-13(4-5-13)16-10-6-8(14)2-3-9(10)15-12(16)19-7-11(17)18/h2-3,6H,4-5,7H2,1H3,(H,17,18). The Morgan fingerprint density at radius 1 is 1.58 bits per heavy atom. The number of carbonyl (C=O) groups is 1. The van der Waals surface area contributed by atoms with Gasteiger partial charge in [-0.15, -0.1) is 0 Å². The number of nitrogens with zero attached hydrogens (tertiary/aromatic N) is 2. The van der Waals surface area contributed by atoms with Gasteiger partial charge in [0.05, 0.1) is 16.8 Å². The van der Waals surface area contributed by atoms with E-state index in [2.05, 4.69) is 11.9 Å². The molecule has 0 unspecified atom stereocenters. The van der Waals surface area contributed by atoms with Gasteiger partial charge in [0.1, 0.15) is 5.82 Å².